The molecule has 2 amide bonds. The number of aromatic nitrogens is 2. The Labute approximate surface area is 176 Å². The highest BCUT2D eigenvalue weighted by atomic mass is 16.2. The molecule has 1 aliphatic carbocycles. The first-order valence-corrected chi connectivity index (χ1v) is 10.6. The van der Waals surface area contributed by atoms with E-state index in [-0.39, 0.29) is 6.03 Å². The highest BCUT2D eigenvalue weighted by molar-refractivity contribution is 5.89. The predicted octanol–water partition coefficient (Wildman–Crippen LogP) is 4.37. The number of piperazine rings is 1. The number of amides is 2. The summed E-state index contributed by atoms with van der Waals surface area (Å²) in [7, 11) is 0. The first-order valence-electron chi connectivity index (χ1n) is 10.6. The zero-order valence-corrected chi connectivity index (χ0v) is 16.9. The third kappa shape index (κ3) is 3.73. The number of hydrogen-bond acceptors (Lipinski definition) is 4. The van der Waals surface area contributed by atoms with Crippen molar-refractivity contribution >= 4 is 28.2 Å². The zero-order valence-electron chi connectivity index (χ0n) is 16.9. The third-order valence-electron chi connectivity index (χ3n) is 5.96. The average Bonchev–Trinajstić information content (AvgIpc) is 2.76. The molecule has 2 aromatic heterocycles. The summed E-state index contributed by atoms with van der Waals surface area (Å²) in [6.45, 7) is 3.01. The molecule has 1 saturated heterocycles. The fourth-order valence-corrected chi connectivity index (χ4v) is 4.14. The quantitative estimate of drug-likeness (QED) is 0.710. The van der Waals surface area contributed by atoms with Crippen LogP contribution in [-0.4, -0.2) is 52.0 Å². The van der Waals surface area contributed by atoms with Gasteiger partial charge in [-0.25, -0.2) is 4.79 Å². The normalized spacial score (nSPS) is 16.3. The number of pyridine rings is 2. The number of urea groups is 1. The molecule has 0 bridgehead atoms. The second kappa shape index (κ2) is 8.14. The van der Waals surface area contributed by atoms with Gasteiger partial charge >= 0.3 is 6.03 Å². The van der Waals surface area contributed by atoms with Gasteiger partial charge in [0.1, 0.15) is 0 Å². The summed E-state index contributed by atoms with van der Waals surface area (Å²) in [5.74, 6) is 0. The number of hydrogen-bond donors (Lipinski definition) is 1. The molecule has 0 atom stereocenters. The van der Waals surface area contributed by atoms with E-state index in [0.717, 1.165) is 42.7 Å². The molecular weight excluding hydrogens is 374 g/mol. The van der Waals surface area contributed by atoms with Gasteiger partial charge in [-0.3, -0.25) is 9.97 Å². The maximum absolute atomic E-state index is 12.6. The lowest BCUT2D eigenvalue weighted by atomic mass is 9.88. The van der Waals surface area contributed by atoms with Crippen molar-refractivity contribution in [3.05, 3.63) is 72.3 Å². The molecule has 3 heterocycles. The van der Waals surface area contributed by atoms with Crippen LogP contribution in [0.3, 0.4) is 0 Å². The van der Waals surface area contributed by atoms with Crippen LogP contribution in [0.5, 0.6) is 0 Å². The topological polar surface area (TPSA) is 61.4 Å². The minimum atomic E-state index is -0.0654. The van der Waals surface area contributed by atoms with E-state index in [0.29, 0.717) is 13.1 Å². The van der Waals surface area contributed by atoms with Gasteiger partial charge in [-0.1, -0.05) is 24.3 Å². The number of benzene rings is 1. The number of rotatable bonds is 3. The van der Waals surface area contributed by atoms with Gasteiger partial charge in [-0.05, 0) is 48.4 Å². The zero-order chi connectivity index (χ0) is 20.3. The van der Waals surface area contributed by atoms with Crippen LogP contribution < -0.4 is 5.32 Å². The molecule has 152 valence electrons. The van der Waals surface area contributed by atoms with Crippen molar-refractivity contribution in [1.29, 1.82) is 0 Å². The van der Waals surface area contributed by atoms with E-state index in [9.17, 15) is 4.79 Å². The number of carbonyl (C=O) groups excluding carboxylic acids is 1. The molecule has 0 spiro atoms. The Kier molecular flexibility index (Phi) is 5.05. The minimum absolute atomic E-state index is 0.0654. The van der Waals surface area contributed by atoms with E-state index in [1.807, 2.05) is 29.3 Å². The van der Waals surface area contributed by atoms with E-state index >= 15 is 0 Å². The Morgan fingerprint density at radius 3 is 2.37 bits per heavy atom. The lowest BCUT2D eigenvalue weighted by molar-refractivity contribution is 0.177. The highest BCUT2D eigenvalue weighted by Crippen LogP contribution is 2.36. The first kappa shape index (κ1) is 18.6. The standard InChI is InChI=1S/C24H25N5O/c30-24(27-21-9-4-10-25-17-21)29-13-11-28(12-14-29)23(18-7-3-8-18)22-15-19-5-1-2-6-20(19)16-26-22/h1-2,4-6,9-10,15-17H,3,7-8,11-14H2,(H,27,30). The molecule has 1 aromatic carbocycles. The molecule has 30 heavy (non-hydrogen) atoms. The van der Waals surface area contributed by atoms with Gasteiger partial charge in [-0.2, -0.15) is 0 Å². The molecule has 0 unspecified atom stereocenters. The summed E-state index contributed by atoms with van der Waals surface area (Å²) in [6, 6.07) is 14.2. The van der Waals surface area contributed by atoms with E-state index in [2.05, 4.69) is 39.5 Å². The summed E-state index contributed by atoms with van der Waals surface area (Å²) in [5.41, 5.74) is 4.55. The summed E-state index contributed by atoms with van der Waals surface area (Å²) >= 11 is 0. The molecule has 5 rings (SSSR count). The van der Waals surface area contributed by atoms with Crippen molar-refractivity contribution in [1.82, 2.24) is 19.8 Å². The first-order chi connectivity index (χ1) is 14.8. The average molecular weight is 399 g/mol. The van der Waals surface area contributed by atoms with Crippen molar-refractivity contribution in [2.45, 2.75) is 19.3 Å². The summed E-state index contributed by atoms with van der Waals surface area (Å²) < 4.78 is 0. The molecule has 6 heteroatoms. The van der Waals surface area contributed by atoms with Gasteiger partial charge < -0.3 is 15.1 Å². The van der Waals surface area contributed by atoms with Crippen LogP contribution in [0.15, 0.2) is 66.6 Å². The summed E-state index contributed by atoms with van der Waals surface area (Å²) in [4.78, 5) is 25.7. The van der Waals surface area contributed by atoms with Crippen molar-refractivity contribution in [3.63, 3.8) is 0 Å². The molecular formula is C24H25N5O. The van der Waals surface area contributed by atoms with Crippen molar-refractivity contribution < 1.29 is 4.79 Å². The molecule has 1 N–H and O–H groups in total. The Bertz CT molecular complexity index is 1080. The number of nitrogens with one attached hydrogen (secondary N) is 1. The lowest BCUT2D eigenvalue weighted by Gasteiger charge is -2.39. The van der Waals surface area contributed by atoms with Crippen LogP contribution in [0.25, 0.3) is 16.5 Å². The number of allylic oxidation sites excluding steroid dienone is 1. The third-order valence-corrected chi connectivity index (χ3v) is 5.96. The van der Waals surface area contributed by atoms with Gasteiger partial charge in [0, 0.05) is 44.0 Å². The largest absolute Gasteiger partial charge is 0.366 e. The number of nitrogens with zero attached hydrogens (tertiary/aromatic N) is 4. The molecule has 3 aromatic rings. The van der Waals surface area contributed by atoms with E-state index in [4.69, 9.17) is 4.98 Å². The van der Waals surface area contributed by atoms with Crippen molar-refractivity contribution in [2.75, 3.05) is 31.5 Å². The van der Waals surface area contributed by atoms with Crippen LogP contribution in [0.4, 0.5) is 10.5 Å². The number of anilines is 1. The van der Waals surface area contributed by atoms with E-state index < -0.39 is 0 Å². The van der Waals surface area contributed by atoms with Crippen LogP contribution in [0, 0.1) is 0 Å². The molecule has 1 saturated carbocycles. The van der Waals surface area contributed by atoms with Crippen LogP contribution in [0.1, 0.15) is 25.0 Å². The Hall–Kier alpha value is -3.41. The molecule has 0 radical (unpaired) electrons. The van der Waals surface area contributed by atoms with E-state index in [1.165, 1.54) is 23.1 Å². The molecule has 1 aliphatic heterocycles. The van der Waals surface area contributed by atoms with Crippen LogP contribution in [0.2, 0.25) is 0 Å². The fourth-order valence-electron chi connectivity index (χ4n) is 4.14. The SMILES string of the molecule is O=C(Nc1cccnc1)N1CCN(C(=C2CCC2)c2cc3ccccc3cn2)CC1. The Morgan fingerprint density at radius 1 is 0.900 bits per heavy atom. The van der Waals surface area contributed by atoms with Crippen LogP contribution in [-0.2, 0) is 0 Å². The smallest absolute Gasteiger partial charge is 0.322 e. The second-order valence-corrected chi connectivity index (χ2v) is 7.87. The Balaban J connectivity index is 1.32. The fraction of sp³-hybridized carbons (Fsp3) is 0.292. The van der Waals surface area contributed by atoms with Crippen molar-refractivity contribution in [2.24, 2.45) is 0 Å². The van der Waals surface area contributed by atoms with Gasteiger partial charge in [0.25, 0.3) is 0 Å². The lowest BCUT2D eigenvalue weighted by Crippen LogP contribution is -2.49. The van der Waals surface area contributed by atoms with Gasteiger partial charge in [0.15, 0.2) is 0 Å². The Morgan fingerprint density at radius 2 is 1.67 bits per heavy atom. The van der Waals surface area contributed by atoms with Gasteiger partial charge in [0.05, 0.1) is 23.3 Å². The molecule has 2 aliphatic rings. The molecule has 6 nitrogen and oxygen atoms in total. The van der Waals surface area contributed by atoms with Gasteiger partial charge in [-0.15, -0.1) is 0 Å². The number of carbonyl (C=O) groups is 1. The predicted molar refractivity (Wildman–Crippen MR) is 119 cm³/mol. The monoisotopic (exact) mass is 399 g/mol. The minimum Gasteiger partial charge on any atom is -0.366 e. The summed E-state index contributed by atoms with van der Waals surface area (Å²) in [6.07, 6.45) is 8.88. The number of fused-ring (bicyclic) bond motifs is 1. The molecule has 2 fully saturated rings. The van der Waals surface area contributed by atoms with Crippen LogP contribution >= 0.6 is 0 Å². The van der Waals surface area contributed by atoms with Gasteiger partial charge in [0.2, 0.25) is 0 Å². The maximum Gasteiger partial charge on any atom is 0.322 e. The van der Waals surface area contributed by atoms with Crippen molar-refractivity contribution in [3.8, 4) is 0 Å². The highest BCUT2D eigenvalue weighted by Gasteiger charge is 2.27. The van der Waals surface area contributed by atoms with E-state index in [1.54, 1.807) is 12.4 Å². The maximum atomic E-state index is 12.6. The summed E-state index contributed by atoms with van der Waals surface area (Å²) in [5, 5.41) is 5.31. The second-order valence-electron chi connectivity index (χ2n) is 7.87.